The Morgan fingerprint density at radius 3 is 2.55 bits per heavy atom. The van der Waals surface area contributed by atoms with Gasteiger partial charge in [0.05, 0.1) is 6.54 Å². The molecule has 0 aromatic heterocycles. The lowest BCUT2D eigenvalue weighted by molar-refractivity contribution is -0.147. The molecule has 3 rings (SSSR count). The van der Waals surface area contributed by atoms with Crippen LogP contribution in [0.1, 0.15) is 29.6 Å². The third-order valence-corrected chi connectivity index (χ3v) is 3.38. The van der Waals surface area contributed by atoms with Crippen LogP contribution in [0.25, 0.3) is 0 Å². The first kappa shape index (κ1) is 12.7. The molecule has 104 valence electrons. The fourth-order valence-electron chi connectivity index (χ4n) is 2.28. The number of amides is 2. The summed E-state index contributed by atoms with van der Waals surface area (Å²) in [4.78, 5) is 36.5. The molecule has 2 aliphatic heterocycles. The summed E-state index contributed by atoms with van der Waals surface area (Å²) in [7, 11) is 0. The van der Waals surface area contributed by atoms with Crippen LogP contribution in [0.4, 0.5) is 0 Å². The van der Waals surface area contributed by atoms with Gasteiger partial charge in [-0.15, -0.1) is 0 Å². The molecule has 1 aromatic carbocycles. The lowest BCUT2D eigenvalue weighted by Gasteiger charge is -2.24. The smallest absolute Gasteiger partial charge is 0.231 e. The molecule has 1 saturated heterocycles. The fourth-order valence-corrected chi connectivity index (χ4v) is 2.28. The maximum atomic E-state index is 12.2. The van der Waals surface area contributed by atoms with Gasteiger partial charge in [0.15, 0.2) is 17.3 Å². The van der Waals surface area contributed by atoms with Crippen LogP contribution < -0.4 is 9.47 Å². The number of benzene rings is 1. The summed E-state index contributed by atoms with van der Waals surface area (Å²) in [5, 5.41) is 0. The molecule has 0 bridgehead atoms. The van der Waals surface area contributed by atoms with Crippen molar-refractivity contribution in [3.8, 4) is 11.5 Å². The highest BCUT2D eigenvalue weighted by atomic mass is 16.7. The quantitative estimate of drug-likeness (QED) is 0.611. The van der Waals surface area contributed by atoms with Gasteiger partial charge in [-0.3, -0.25) is 19.3 Å². The van der Waals surface area contributed by atoms with Crippen LogP contribution in [0.3, 0.4) is 0 Å². The van der Waals surface area contributed by atoms with Gasteiger partial charge in [-0.25, -0.2) is 0 Å². The first-order valence-electron chi connectivity index (χ1n) is 6.41. The molecule has 0 atom stereocenters. The van der Waals surface area contributed by atoms with Crippen LogP contribution in [-0.4, -0.2) is 35.8 Å². The van der Waals surface area contributed by atoms with Crippen molar-refractivity contribution < 1.29 is 23.9 Å². The highest BCUT2D eigenvalue weighted by molar-refractivity contribution is 6.05. The van der Waals surface area contributed by atoms with Crippen LogP contribution in [0, 0.1) is 0 Å². The summed E-state index contributed by atoms with van der Waals surface area (Å²) in [6.45, 7) is -0.0760. The summed E-state index contributed by atoms with van der Waals surface area (Å²) in [5.74, 6) is 0.247. The van der Waals surface area contributed by atoms with E-state index >= 15 is 0 Å². The Morgan fingerprint density at radius 1 is 1.10 bits per heavy atom. The zero-order valence-corrected chi connectivity index (χ0v) is 10.8. The Kier molecular flexibility index (Phi) is 3.14. The minimum atomic E-state index is -0.285. The Hall–Kier alpha value is -2.37. The highest BCUT2D eigenvalue weighted by Gasteiger charge is 2.28. The molecule has 0 aliphatic carbocycles. The second-order valence-corrected chi connectivity index (χ2v) is 4.72. The van der Waals surface area contributed by atoms with E-state index in [1.54, 1.807) is 18.2 Å². The second kappa shape index (κ2) is 4.96. The lowest BCUT2D eigenvalue weighted by atomic mass is 10.1. The number of piperidine rings is 1. The number of likely N-dealkylation sites (tertiary alicyclic amines) is 1. The first-order valence-corrected chi connectivity index (χ1v) is 6.41. The van der Waals surface area contributed by atoms with Gasteiger partial charge < -0.3 is 9.47 Å². The second-order valence-electron chi connectivity index (χ2n) is 4.72. The van der Waals surface area contributed by atoms with Crippen molar-refractivity contribution >= 4 is 17.6 Å². The topological polar surface area (TPSA) is 72.9 Å². The maximum absolute atomic E-state index is 12.2. The van der Waals surface area contributed by atoms with Crippen molar-refractivity contribution in [2.75, 3.05) is 13.3 Å². The Bertz CT molecular complexity index is 579. The Morgan fingerprint density at radius 2 is 1.80 bits per heavy atom. The normalized spacial score (nSPS) is 17.5. The number of ether oxygens (including phenoxy) is 2. The molecule has 0 radical (unpaired) electrons. The van der Waals surface area contributed by atoms with Gasteiger partial charge in [0.25, 0.3) is 0 Å². The molecule has 20 heavy (non-hydrogen) atoms. The number of Topliss-reactive ketones (excluding diaryl/α,β-unsaturated/α-hetero) is 1. The SMILES string of the molecule is O=C(CN1C(=O)CCCC1=O)c1ccc2c(c1)OCO2. The maximum Gasteiger partial charge on any atom is 0.231 e. The van der Waals surface area contributed by atoms with Crippen molar-refractivity contribution in [1.82, 2.24) is 4.90 Å². The molecule has 0 spiro atoms. The van der Waals surface area contributed by atoms with Crippen LogP contribution in [-0.2, 0) is 9.59 Å². The molecule has 0 saturated carbocycles. The Labute approximate surface area is 115 Å². The average molecular weight is 275 g/mol. The summed E-state index contributed by atoms with van der Waals surface area (Å²) in [5.41, 5.74) is 0.403. The largest absolute Gasteiger partial charge is 0.454 e. The van der Waals surface area contributed by atoms with Gasteiger partial charge in [-0.2, -0.15) is 0 Å². The zero-order chi connectivity index (χ0) is 14.1. The molecule has 0 unspecified atom stereocenters. The summed E-state index contributed by atoms with van der Waals surface area (Å²) < 4.78 is 10.4. The highest BCUT2D eigenvalue weighted by Crippen LogP contribution is 2.32. The van der Waals surface area contributed by atoms with Crippen LogP contribution in [0.5, 0.6) is 11.5 Å². The van der Waals surface area contributed by atoms with E-state index in [-0.39, 0.29) is 30.9 Å². The molecular weight excluding hydrogens is 262 g/mol. The molecular formula is C14H13NO5. The van der Waals surface area contributed by atoms with E-state index in [0.29, 0.717) is 36.3 Å². The lowest BCUT2D eigenvalue weighted by Crippen LogP contribution is -2.43. The predicted octanol–water partition coefficient (Wildman–Crippen LogP) is 1.14. The van der Waals surface area contributed by atoms with Crippen molar-refractivity contribution in [3.05, 3.63) is 23.8 Å². The van der Waals surface area contributed by atoms with E-state index in [4.69, 9.17) is 9.47 Å². The molecule has 1 fully saturated rings. The van der Waals surface area contributed by atoms with E-state index in [1.807, 2.05) is 0 Å². The van der Waals surface area contributed by atoms with Crippen molar-refractivity contribution in [3.63, 3.8) is 0 Å². The molecule has 0 N–H and O–H groups in total. The summed E-state index contributed by atoms with van der Waals surface area (Å²) >= 11 is 0. The molecule has 1 aromatic rings. The van der Waals surface area contributed by atoms with Crippen LogP contribution >= 0.6 is 0 Å². The number of ketones is 1. The number of rotatable bonds is 3. The van der Waals surface area contributed by atoms with Crippen molar-refractivity contribution in [2.45, 2.75) is 19.3 Å². The number of carbonyl (C=O) groups excluding carboxylic acids is 3. The van der Waals surface area contributed by atoms with Gasteiger partial charge in [-0.05, 0) is 24.6 Å². The number of imide groups is 1. The first-order chi connectivity index (χ1) is 9.65. The van der Waals surface area contributed by atoms with E-state index in [0.717, 1.165) is 4.90 Å². The molecule has 2 aliphatic rings. The number of fused-ring (bicyclic) bond motifs is 1. The van der Waals surface area contributed by atoms with Crippen LogP contribution in [0.15, 0.2) is 18.2 Å². The predicted molar refractivity (Wildman–Crippen MR) is 67.5 cm³/mol. The molecule has 6 heteroatoms. The third-order valence-electron chi connectivity index (χ3n) is 3.38. The van der Waals surface area contributed by atoms with E-state index in [1.165, 1.54) is 0 Å². The zero-order valence-electron chi connectivity index (χ0n) is 10.8. The Balaban J connectivity index is 1.76. The third kappa shape index (κ3) is 2.24. The number of carbonyl (C=O) groups is 3. The standard InChI is InChI=1S/C14H13NO5/c16-10(7-15-13(17)2-1-3-14(15)18)9-4-5-11-12(6-9)20-8-19-11/h4-6H,1-3,7-8H2. The summed E-state index contributed by atoms with van der Waals surface area (Å²) in [6, 6.07) is 4.83. The van der Waals surface area contributed by atoms with E-state index in [2.05, 4.69) is 0 Å². The van der Waals surface area contributed by atoms with Crippen molar-refractivity contribution in [2.24, 2.45) is 0 Å². The number of hydrogen-bond donors (Lipinski definition) is 0. The molecule has 2 heterocycles. The summed E-state index contributed by atoms with van der Waals surface area (Å²) in [6.07, 6.45) is 1.20. The van der Waals surface area contributed by atoms with E-state index < -0.39 is 0 Å². The minimum absolute atomic E-state index is 0.135. The van der Waals surface area contributed by atoms with Gasteiger partial charge in [0.2, 0.25) is 18.6 Å². The van der Waals surface area contributed by atoms with Crippen molar-refractivity contribution in [1.29, 1.82) is 0 Å². The fraction of sp³-hybridized carbons (Fsp3) is 0.357. The minimum Gasteiger partial charge on any atom is -0.454 e. The average Bonchev–Trinajstić information content (AvgIpc) is 2.90. The molecule has 2 amide bonds. The van der Waals surface area contributed by atoms with E-state index in [9.17, 15) is 14.4 Å². The molecule has 6 nitrogen and oxygen atoms in total. The van der Waals surface area contributed by atoms with Crippen LogP contribution in [0.2, 0.25) is 0 Å². The van der Waals surface area contributed by atoms with Gasteiger partial charge in [0.1, 0.15) is 0 Å². The number of nitrogens with zero attached hydrogens (tertiary/aromatic N) is 1. The van der Waals surface area contributed by atoms with Gasteiger partial charge in [0, 0.05) is 18.4 Å². The monoisotopic (exact) mass is 275 g/mol. The van der Waals surface area contributed by atoms with Gasteiger partial charge >= 0.3 is 0 Å². The van der Waals surface area contributed by atoms with Gasteiger partial charge in [-0.1, -0.05) is 0 Å². The number of hydrogen-bond acceptors (Lipinski definition) is 5.